The Hall–Kier alpha value is -1.59. The van der Waals surface area contributed by atoms with Gasteiger partial charge in [0.1, 0.15) is 0 Å². The molecule has 0 unspecified atom stereocenters. The number of para-hydroxylation sites is 2. The molecule has 1 aliphatic heterocycles. The first-order chi connectivity index (χ1) is 9.79. The van der Waals surface area contributed by atoms with Gasteiger partial charge in [0.2, 0.25) is 0 Å². The van der Waals surface area contributed by atoms with Crippen molar-refractivity contribution < 1.29 is 5.11 Å². The maximum atomic E-state index is 12.2. The highest BCUT2D eigenvalue weighted by Crippen LogP contribution is 2.24. The van der Waals surface area contributed by atoms with Crippen LogP contribution < -0.4 is 5.69 Å². The maximum absolute atomic E-state index is 12.2. The fraction of sp³-hybridized carbons (Fsp3) is 0.533. The van der Waals surface area contributed by atoms with Crippen molar-refractivity contribution in [3.05, 3.63) is 34.7 Å². The molecule has 0 amide bonds. The number of hydrogen-bond donors (Lipinski definition) is 2. The number of imidazole rings is 1. The predicted octanol–water partition coefficient (Wildman–Crippen LogP) is 1.35. The molecule has 1 aliphatic rings. The molecule has 1 fully saturated rings. The smallest absolute Gasteiger partial charge is 0.326 e. The van der Waals surface area contributed by atoms with Crippen molar-refractivity contribution in [1.82, 2.24) is 14.5 Å². The molecule has 0 radical (unpaired) electrons. The van der Waals surface area contributed by atoms with E-state index in [1.165, 1.54) is 0 Å². The molecule has 20 heavy (non-hydrogen) atoms. The first-order valence-electron chi connectivity index (χ1n) is 7.32. The minimum Gasteiger partial charge on any atom is -0.396 e. The standard InChI is InChI=1S/C15H21N3O2/c19-11-3-8-17-9-6-12(7-10-17)18-14-5-2-1-4-13(14)16-15(18)20/h1-2,4-5,12,19H,3,6-11H2,(H,16,20). The molecule has 0 aliphatic carbocycles. The molecular weight excluding hydrogens is 254 g/mol. The number of aliphatic hydroxyl groups is 1. The number of piperidine rings is 1. The number of hydrogen-bond acceptors (Lipinski definition) is 3. The second-order valence-corrected chi connectivity index (χ2v) is 5.47. The normalized spacial score (nSPS) is 17.9. The average Bonchev–Trinajstić information content (AvgIpc) is 2.81. The topological polar surface area (TPSA) is 61.3 Å². The Morgan fingerprint density at radius 3 is 2.75 bits per heavy atom. The third-order valence-electron chi connectivity index (χ3n) is 4.18. The number of likely N-dealkylation sites (tertiary alicyclic amines) is 1. The van der Waals surface area contributed by atoms with E-state index in [1.54, 1.807) is 0 Å². The number of rotatable bonds is 4. The van der Waals surface area contributed by atoms with Crippen molar-refractivity contribution in [3.63, 3.8) is 0 Å². The maximum Gasteiger partial charge on any atom is 0.326 e. The van der Waals surface area contributed by atoms with Gasteiger partial charge in [0, 0.05) is 32.3 Å². The highest BCUT2D eigenvalue weighted by Gasteiger charge is 2.22. The molecular formula is C15H21N3O2. The second-order valence-electron chi connectivity index (χ2n) is 5.47. The van der Waals surface area contributed by atoms with Gasteiger partial charge in [-0.2, -0.15) is 0 Å². The lowest BCUT2D eigenvalue weighted by atomic mass is 10.0. The van der Waals surface area contributed by atoms with Crippen molar-refractivity contribution in [2.75, 3.05) is 26.2 Å². The Morgan fingerprint density at radius 2 is 2.00 bits per heavy atom. The molecule has 2 N–H and O–H groups in total. The van der Waals surface area contributed by atoms with E-state index in [9.17, 15) is 4.79 Å². The third kappa shape index (κ3) is 2.51. The van der Waals surface area contributed by atoms with Crippen molar-refractivity contribution in [1.29, 1.82) is 0 Å². The van der Waals surface area contributed by atoms with E-state index in [-0.39, 0.29) is 18.3 Å². The van der Waals surface area contributed by atoms with E-state index in [4.69, 9.17) is 5.11 Å². The predicted molar refractivity (Wildman–Crippen MR) is 79.0 cm³/mol. The molecule has 2 aromatic rings. The molecule has 0 saturated carbocycles. The van der Waals surface area contributed by atoms with E-state index in [2.05, 4.69) is 9.88 Å². The Bertz CT molecular complexity index is 623. The molecule has 1 aromatic carbocycles. The number of aromatic amines is 1. The summed E-state index contributed by atoms with van der Waals surface area (Å²) in [6.07, 6.45) is 2.82. The molecule has 2 heterocycles. The molecule has 0 spiro atoms. The van der Waals surface area contributed by atoms with Crippen LogP contribution in [0.3, 0.4) is 0 Å². The van der Waals surface area contributed by atoms with Gasteiger partial charge in [-0.05, 0) is 31.4 Å². The number of aliphatic hydroxyl groups excluding tert-OH is 1. The highest BCUT2D eigenvalue weighted by molar-refractivity contribution is 5.75. The molecule has 1 aromatic heterocycles. The second kappa shape index (κ2) is 5.81. The Balaban J connectivity index is 1.77. The van der Waals surface area contributed by atoms with E-state index in [1.807, 2.05) is 28.8 Å². The van der Waals surface area contributed by atoms with Crippen LogP contribution in [0.1, 0.15) is 25.3 Å². The van der Waals surface area contributed by atoms with Gasteiger partial charge < -0.3 is 15.0 Å². The monoisotopic (exact) mass is 275 g/mol. The minimum absolute atomic E-state index is 0.00000758. The zero-order chi connectivity index (χ0) is 13.9. The quantitative estimate of drug-likeness (QED) is 0.885. The van der Waals surface area contributed by atoms with E-state index in [0.29, 0.717) is 0 Å². The molecule has 0 atom stereocenters. The van der Waals surface area contributed by atoms with Crippen LogP contribution in [0.15, 0.2) is 29.1 Å². The van der Waals surface area contributed by atoms with Gasteiger partial charge in [0.15, 0.2) is 0 Å². The van der Waals surface area contributed by atoms with Crippen LogP contribution in [0.4, 0.5) is 0 Å². The summed E-state index contributed by atoms with van der Waals surface area (Å²) >= 11 is 0. The van der Waals surface area contributed by atoms with Gasteiger partial charge in [-0.1, -0.05) is 12.1 Å². The van der Waals surface area contributed by atoms with Crippen LogP contribution in [0.25, 0.3) is 11.0 Å². The van der Waals surface area contributed by atoms with Crippen LogP contribution in [-0.4, -0.2) is 45.8 Å². The van der Waals surface area contributed by atoms with E-state index >= 15 is 0 Å². The van der Waals surface area contributed by atoms with Gasteiger partial charge in [-0.15, -0.1) is 0 Å². The van der Waals surface area contributed by atoms with E-state index in [0.717, 1.165) is 49.9 Å². The molecule has 5 nitrogen and oxygen atoms in total. The summed E-state index contributed by atoms with van der Waals surface area (Å²) in [4.78, 5) is 17.5. The van der Waals surface area contributed by atoms with Crippen molar-refractivity contribution in [3.8, 4) is 0 Å². The summed E-state index contributed by atoms with van der Waals surface area (Å²) in [5, 5.41) is 8.88. The van der Waals surface area contributed by atoms with Gasteiger partial charge in [0.05, 0.1) is 11.0 Å². The Kier molecular flexibility index (Phi) is 3.89. The molecule has 0 bridgehead atoms. The van der Waals surface area contributed by atoms with Crippen LogP contribution in [0.2, 0.25) is 0 Å². The Morgan fingerprint density at radius 1 is 1.25 bits per heavy atom. The molecule has 3 rings (SSSR count). The highest BCUT2D eigenvalue weighted by atomic mass is 16.3. The average molecular weight is 275 g/mol. The lowest BCUT2D eigenvalue weighted by Crippen LogP contribution is -2.37. The number of benzene rings is 1. The number of H-pyrrole nitrogens is 1. The third-order valence-corrected chi connectivity index (χ3v) is 4.18. The van der Waals surface area contributed by atoms with E-state index < -0.39 is 0 Å². The summed E-state index contributed by atoms with van der Waals surface area (Å²) in [5.74, 6) is 0. The lowest BCUT2D eigenvalue weighted by molar-refractivity contribution is 0.169. The van der Waals surface area contributed by atoms with Gasteiger partial charge >= 0.3 is 5.69 Å². The zero-order valence-electron chi connectivity index (χ0n) is 11.6. The van der Waals surface area contributed by atoms with Gasteiger partial charge in [0.25, 0.3) is 0 Å². The number of nitrogens with one attached hydrogen (secondary N) is 1. The summed E-state index contributed by atoms with van der Waals surface area (Å²) in [5.41, 5.74) is 1.92. The summed E-state index contributed by atoms with van der Waals surface area (Å²) in [6.45, 7) is 3.20. The molecule has 5 heteroatoms. The fourth-order valence-electron chi connectivity index (χ4n) is 3.13. The zero-order valence-corrected chi connectivity index (χ0v) is 11.6. The van der Waals surface area contributed by atoms with Crippen molar-refractivity contribution in [2.24, 2.45) is 0 Å². The molecule has 108 valence electrons. The fourth-order valence-corrected chi connectivity index (χ4v) is 3.13. The summed E-state index contributed by atoms with van der Waals surface area (Å²) in [6, 6.07) is 8.15. The lowest BCUT2D eigenvalue weighted by Gasteiger charge is -2.32. The van der Waals surface area contributed by atoms with Crippen molar-refractivity contribution in [2.45, 2.75) is 25.3 Å². The summed E-state index contributed by atoms with van der Waals surface area (Å²) < 4.78 is 1.92. The van der Waals surface area contributed by atoms with Crippen LogP contribution >= 0.6 is 0 Å². The first kappa shape index (κ1) is 13.4. The molecule has 1 saturated heterocycles. The SMILES string of the molecule is O=c1[nH]c2ccccc2n1C1CCN(CCCO)CC1. The van der Waals surface area contributed by atoms with Gasteiger partial charge in [-0.25, -0.2) is 4.79 Å². The van der Waals surface area contributed by atoms with Crippen molar-refractivity contribution >= 4 is 11.0 Å². The van der Waals surface area contributed by atoms with Gasteiger partial charge in [-0.3, -0.25) is 4.57 Å². The van der Waals surface area contributed by atoms with Crippen LogP contribution in [0, 0.1) is 0 Å². The first-order valence-corrected chi connectivity index (χ1v) is 7.32. The number of aromatic nitrogens is 2. The van der Waals surface area contributed by atoms with Crippen LogP contribution in [0.5, 0.6) is 0 Å². The minimum atomic E-state index is 0.00000758. The summed E-state index contributed by atoms with van der Waals surface area (Å²) in [7, 11) is 0. The van der Waals surface area contributed by atoms with Crippen LogP contribution in [-0.2, 0) is 0 Å². The Labute approximate surface area is 117 Å². The largest absolute Gasteiger partial charge is 0.396 e. The number of fused-ring (bicyclic) bond motifs is 1. The number of nitrogens with zero attached hydrogens (tertiary/aromatic N) is 2.